The van der Waals surface area contributed by atoms with Crippen LogP contribution in [0.15, 0.2) is 30.3 Å². The van der Waals surface area contributed by atoms with E-state index in [0.29, 0.717) is 6.04 Å². The molecule has 0 aliphatic carbocycles. The normalized spacial score (nSPS) is 13.1. The third-order valence-corrected chi connectivity index (χ3v) is 2.16. The molecule has 0 radical (unpaired) electrons. The van der Waals surface area contributed by atoms with Gasteiger partial charge in [0.25, 0.3) is 0 Å². The SMILES string of the molecule is CN[C@H](C)/C=C/c1ccccc1OC. The topological polar surface area (TPSA) is 21.3 Å². The first kappa shape index (κ1) is 10.8. The highest BCUT2D eigenvalue weighted by atomic mass is 16.5. The van der Waals surface area contributed by atoms with Gasteiger partial charge in [0.05, 0.1) is 7.11 Å². The summed E-state index contributed by atoms with van der Waals surface area (Å²) in [6.07, 6.45) is 4.18. The van der Waals surface area contributed by atoms with Crippen molar-refractivity contribution in [1.82, 2.24) is 5.32 Å². The number of hydrogen-bond donors (Lipinski definition) is 1. The van der Waals surface area contributed by atoms with Crippen LogP contribution >= 0.6 is 0 Å². The van der Waals surface area contributed by atoms with E-state index < -0.39 is 0 Å². The molecule has 0 aliphatic rings. The molecule has 0 aliphatic heterocycles. The number of likely N-dealkylation sites (N-methyl/N-ethyl adjacent to an activating group) is 1. The summed E-state index contributed by atoms with van der Waals surface area (Å²) in [4.78, 5) is 0. The fourth-order valence-electron chi connectivity index (χ4n) is 1.15. The summed E-state index contributed by atoms with van der Waals surface area (Å²) < 4.78 is 5.24. The largest absolute Gasteiger partial charge is 0.496 e. The van der Waals surface area contributed by atoms with Crippen LogP contribution in [-0.4, -0.2) is 20.2 Å². The van der Waals surface area contributed by atoms with Crippen LogP contribution in [0.3, 0.4) is 0 Å². The van der Waals surface area contributed by atoms with Gasteiger partial charge in [-0.25, -0.2) is 0 Å². The summed E-state index contributed by atoms with van der Waals surface area (Å²) in [6.45, 7) is 2.10. The monoisotopic (exact) mass is 191 g/mol. The Bertz CT molecular complexity index is 307. The number of para-hydroxylation sites is 1. The van der Waals surface area contributed by atoms with Gasteiger partial charge < -0.3 is 10.1 Å². The molecule has 2 heteroatoms. The van der Waals surface area contributed by atoms with Crippen LogP contribution in [0.1, 0.15) is 12.5 Å². The molecule has 0 saturated heterocycles. The van der Waals surface area contributed by atoms with E-state index in [1.807, 2.05) is 31.3 Å². The van der Waals surface area contributed by atoms with Gasteiger partial charge in [-0.15, -0.1) is 0 Å². The Balaban J connectivity index is 2.80. The van der Waals surface area contributed by atoms with Gasteiger partial charge in [-0.2, -0.15) is 0 Å². The molecule has 0 saturated carbocycles. The molecule has 1 rings (SSSR count). The van der Waals surface area contributed by atoms with Crippen LogP contribution in [0.4, 0.5) is 0 Å². The second-order valence-electron chi connectivity index (χ2n) is 3.18. The van der Waals surface area contributed by atoms with Crippen LogP contribution in [0.25, 0.3) is 6.08 Å². The molecule has 1 aromatic rings. The van der Waals surface area contributed by atoms with E-state index in [1.54, 1.807) is 7.11 Å². The lowest BCUT2D eigenvalue weighted by Crippen LogP contribution is -2.17. The van der Waals surface area contributed by atoms with Crippen molar-refractivity contribution in [2.24, 2.45) is 0 Å². The van der Waals surface area contributed by atoms with Crippen molar-refractivity contribution in [1.29, 1.82) is 0 Å². The van der Waals surface area contributed by atoms with Crippen LogP contribution in [0.5, 0.6) is 5.75 Å². The van der Waals surface area contributed by atoms with Gasteiger partial charge in [0.1, 0.15) is 5.75 Å². The fourth-order valence-corrected chi connectivity index (χ4v) is 1.15. The van der Waals surface area contributed by atoms with Gasteiger partial charge in [0, 0.05) is 11.6 Å². The van der Waals surface area contributed by atoms with Crippen molar-refractivity contribution in [2.45, 2.75) is 13.0 Å². The second-order valence-corrected chi connectivity index (χ2v) is 3.18. The molecule has 0 unspecified atom stereocenters. The van der Waals surface area contributed by atoms with Crippen LogP contribution in [-0.2, 0) is 0 Å². The number of benzene rings is 1. The number of hydrogen-bond acceptors (Lipinski definition) is 2. The minimum absolute atomic E-state index is 0.375. The van der Waals surface area contributed by atoms with Gasteiger partial charge in [0.15, 0.2) is 0 Å². The zero-order valence-corrected chi connectivity index (χ0v) is 8.95. The van der Waals surface area contributed by atoms with Crippen molar-refractivity contribution in [3.8, 4) is 5.75 Å². The lowest BCUT2D eigenvalue weighted by molar-refractivity contribution is 0.414. The third kappa shape index (κ3) is 2.89. The molecule has 0 spiro atoms. The average molecular weight is 191 g/mol. The van der Waals surface area contributed by atoms with Crippen molar-refractivity contribution < 1.29 is 4.74 Å². The maximum absolute atomic E-state index is 5.24. The summed E-state index contributed by atoms with van der Waals surface area (Å²) >= 11 is 0. The van der Waals surface area contributed by atoms with Crippen LogP contribution < -0.4 is 10.1 Å². The van der Waals surface area contributed by atoms with E-state index in [-0.39, 0.29) is 0 Å². The Kier molecular flexibility index (Phi) is 4.20. The summed E-state index contributed by atoms with van der Waals surface area (Å²) in [5.41, 5.74) is 1.11. The van der Waals surface area contributed by atoms with Crippen molar-refractivity contribution in [3.05, 3.63) is 35.9 Å². The van der Waals surface area contributed by atoms with E-state index in [0.717, 1.165) is 11.3 Å². The summed E-state index contributed by atoms with van der Waals surface area (Å²) in [6, 6.07) is 8.35. The molecular formula is C12H17NO. The maximum Gasteiger partial charge on any atom is 0.126 e. The third-order valence-electron chi connectivity index (χ3n) is 2.16. The predicted octanol–water partition coefficient (Wildman–Crippen LogP) is 2.32. The molecule has 76 valence electrons. The minimum Gasteiger partial charge on any atom is -0.496 e. The minimum atomic E-state index is 0.375. The first-order valence-electron chi connectivity index (χ1n) is 4.76. The Morgan fingerprint density at radius 1 is 1.36 bits per heavy atom. The molecule has 1 N–H and O–H groups in total. The molecule has 0 bridgehead atoms. The van der Waals surface area contributed by atoms with Gasteiger partial charge in [-0.3, -0.25) is 0 Å². The van der Waals surface area contributed by atoms with Gasteiger partial charge in [-0.1, -0.05) is 30.4 Å². The van der Waals surface area contributed by atoms with Crippen LogP contribution in [0.2, 0.25) is 0 Å². The van der Waals surface area contributed by atoms with Gasteiger partial charge >= 0.3 is 0 Å². The molecule has 0 heterocycles. The molecule has 14 heavy (non-hydrogen) atoms. The average Bonchev–Trinajstić information content (AvgIpc) is 2.26. The van der Waals surface area contributed by atoms with Gasteiger partial charge in [0.2, 0.25) is 0 Å². The smallest absolute Gasteiger partial charge is 0.126 e. The van der Waals surface area contributed by atoms with Gasteiger partial charge in [-0.05, 0) is 20.0 Å². The number of rotatable bonds is 4. The molecular weight excluding hydrogens is 174 g/mol. The zero-order chi connectivity index (χ0) is 10.4. The van der Waals surface area contributed by atoms with E-state index in [4.69, 9.17) is 4.74 Å². The quantitative estimate of drug-likeness (QED) is 0.788. The zero-order valence-electron chi connectivity index (χ0n) is 8.95. The standard InChI is InChI=1S/C12H17NO/c1-10(13-2)8-9-11-6-4-5-7-12(11)14-3/h4-10,13H,1-3H3/b9-8+/t10-/m1/s1. The predicted molar refractivity (Wildman–Crippen MR) is 60.5 cm³/mol. The Labute approximate surface area is 85.6 Å². The number of methoxy groups -OCH3 is 1. The lowest BCUT2D eigenvalue weighted by Gasteiger charge is -2.05. The summed E-state index contributed by atoms with van der Waals surface area (Å²) in [5.74, 6) is 0.909. The van der Waals surface area contributed by atoms with Crippen molar-refractivity contribution >= 4 is 6.08 Å². The molecule has 0 amide bonds. The summed E-state index contributed by atoms with van der Waals surface area (Å²) in [7, 11) is 3.63. The van der Waals surface area contributed by atoms with E-state index in [9.17, 15) is 0 Å². The molecule has 1 atom stereocenters. The highest BCUT2D eigenvalue weighted by molar-refractivity contribution is 5.57. The summed E-state index contributed by atoms with van der Waals surface area (Å²) in [5, 5.41) is 3.15. The number of ether oxygens (including phenoxy) is 1. The van der Waals surface area contributed by atoms with Crippen molar-refractivity contribution in [3.63, 3.8) is 0 Å². The van der Waals surface area contributed by atoms with Crippen LogP contribution in [0, 0.1) is 0 Å². The highest BCUT2D eigenvalue weighted by Gasteiger charge is 1.97. The van der Waals surface area contributed by atoms with E-state index in [1.165, 1.54) is 0 Å². The van der Waals surface area contributed by atoms with Crippen molar-refractivity contribution in [2.75, 3.05) is 14.2 Å². The Morgan fingerprint density at radius 2 is 2.07 bits per heavy atom. The second kappa shape index (κ2) is 5.45. The maximum atomic E-state index is 5.24. The molecule has 0 aromatic heterocycles. The molecule has 0 fully saturated rings. The highest BCUT2D eigenvalue weighted by Crippen LogP contribution is 2.18. The van der Waals surface area contributed by atoms with E-state index >= 15 is 0 Å². The Morgan fingerprint density at radius 3 is 2.71 bits per heavy atom. The lowest BCUT2D eigenvalue weighted by atomic mass is 10.1. The van der Waals surface area contributed by atoms with E-state index in [2.05, 4.69) is 24.4 Å². The first-order valence-corrected chi connectivity index (χ1v) is 4.76. The number of nitrogens with one attached hydrogen (secondary N) is 1. The molecule has 1 aromatic carbocycles. The molecule has 2 nitrogen and oxygen atoms in total. The first-order chi connectivity index (χ1) is 6.77. The fraction of sp³-hybridized carbons (Fsp3) is 0.333. The Hall–Kier alpha value is -1.28.